The Labute approximate surface area is 109 Å². The van der Waals surface area contributed by atoms with Gasteiger partial charge in [0, 0.05) is 39.3 Å². The molecule has 0 aliphatic heterocycles. The standard InChI is InChI=1S/C13H24N2O3/c1-6-15-11(7-10(2)14-15)8-13(3,16)9-12(17-4)18-5/h7,12,16H,6,8-9H2,1-5H3. The van der Waals surface area contributed by atoms with Crippen molar-refractivity contribution >= 4 is 0 Å². The zero-order valence-electron chi connectivity index (χ0n) is 11.9. The summed E-state index contributed by atoms with van der Waals surface area (Å²) in [6.07, 6.45) is 0.567. The Morgan fingerprint density at radius 1 is 1.44 bits per heavy atom. The summed E-state index contributed by atoms with van der Waals surface area (Å²) in [5.74, 6) is 0. The highest BCUT2D eigenvalue weighted by Crippen LogP contribution is 2.21. The van der Waals surface area contributed by atoms with Gasteiger partial charge in [-0.05, 0) is 26.8 Å². The van der Waals surface area contributed by atoms with Gasteiger partial charge in [-0.25, -0.2) is 0 Å². The smallest absolute Gasteiger partial charge is 0.159 e. The van der Waals surface area contributed by atoms with Crippen molar-refractivity contribution in [3.8, 4) is 0 Å². The van der Waals surface area contributed by atoms with Gasteiger partial charge < -0.3 is 14.6 Å². The zero-order chi connectivity index (χ0) is 13.8. The molecule has 0 saturated heterocycles. The average molecular weight is 256 g/mol. The summed E-state index contributed by atoms with van der Waals surface area (Å²) >= 11 is 0. The Balaban J connectivity index is 2.74. The number of methoxy groups -OCH3 is 2. The van der Waals surface area contributed by atoms with E-state index < -0.39 is 5.60 Å². The van der Waals surface area contributed by atoms with Crippen LogP contribution in [0.3, 0.4) is 0 Å². The lowest BCUT2D eigenvalue weighted by atomic mass is 9.95. The van der Waals surface area contributed by atoms with Crippen LogP contribution in [0.15, 0.2) is 6.07 Å². The molecule has 1 N–H and O–H groups in total. The molecule has 1 rings (SSSR count). The number of aliphatic hydroxyl groups is 1. The SMILES string of the molecule is CCn1nc(C)cc1CC(C)(O)CC(OC)OC. The first-order valence-electron chi connectivity index (χ1n) is 6.23. The molecule has 1 unspecified atom stereocenters. The van der Waals surface area contributed by atoms with E-state index in [0.717, 1.165) is 17.9 Å². The molecule has 0 aromatic carbocycles. The van der Waals surface area contributed by atoms with Crippen LogP contribution >= 0.6 is 0 Å². The van der Waals surface area contributed by atoms with Gasteiger partial charge in [-0.15, -0.1) is 0 Å². The second kappa shape index (κ2) is 6.31. The lowest BCUT2D eigenvalue weighted by molar-refractivity contribution is -0.140. The predicted molar refractivity (Wildman–Crippen MR) is 69.4 cm³/mol. The van der Waals surface area contributed by atoms with Crippen LogP contribution in [-0.2, 0) is 22.4 Å². The summed E-state index contributed by atoms with van der Waals surface area (Å²) in [5, 5.41) is 14.8. The minimum Gasteiger partial charge on any atom is -0.390 e. The third-order valence-electron chi connectivity index (χ3n) is 2.98. The summed E-state index contributed by atoms with van der Waals surface area (Å²) in [4.78, 5) is 0. The average Bonchev–Trinajstić information content (AvgIpc) is 2.65. The van der Waals surface area contributed by atoms with Crippen LogP contribution in [0.2, 0.25) is 0 Å². The van der Waals surface area contributed by atoms with Gasteiger partial charge in [0.15, 0.2) is 6.29 Å². The van der Waals surface area contributed by atoms with Gasteiger partial charge in [0.05, 0.1) is 11.3 Å². The molecule has 18 heavy (non-hydrogen) atoms. The van der Waals surface area contributed by atoms with Gasteiger partial charge >= 0.3 is 0 Å². The van der Waals surface area contributed by atoms with Crippen molar-refractivity contribution in [2.45, 2.75) is 52.0 Å². The zero-order valence-corrected chi connectivity index (χ0v) is 11.9. The number of nitrogens with zero attached hydrogens (tertiary/aromatic N) is 2. The molecule has 1 atom stereocenters. The highest BCUT2D eigenvalue weighted by Gasteiger charge is 2.27. The van der Waals surface area contributed by atoms with Gasteiger partial charge in [0.25, 0.3) is 0 Å². The largest absolute Gasteiger partial charge is 0.390 e. The van der Waals surface area contributed by atoms with Crippen LogP contribution < -0.4 is 0 Å². The number of hydrogen-bond acceptors (Lipinski definition) is 4. The molecule has 0 aliphatic carbocycles. The quantitative estimate of drug-likeness (QED) is 0.751. The topological polar surface area (TPSA) is 56.5 Å². The van der Waals surface area contributed by atoms with E-state index in [1.165, 1.54) is 0 Å². The first-order valence-corrected chi connectivity index (χ1v) is 6.23. The van der Waals surface area contributed by atoms with Crippen LogP contribution in [0.25, 0.3) is 0 Å². The fourth-order valence-corrected chi connectivity index (χ4v) is 2.10. The molecule has 0 fully saturated rings. The first kappa shape index (κ1) is 15.1. The molecule has 0 saturated carbocycles. The van der Waals surface area contributed by atoms with Crippen molar-refractivity contribution in [1.29, 1.82) is 0 Å². The van der Waals surface area contributed by atoms with Crippen molar-refractivity contribution in [3.63, 3.8) is 0 Å². The first-order chi connectivity index (χ1) is 8.41. The molecule has 0 spiro atoms. The highest BCUT2D eigenvalue weighted by atomic mass is 16.7. The molecule has 0 bridgehead atoms. The maximum Gasteiger partial charge on any atom is 0.159 e. The van der Waals surface area contributed by atoms with Crippen molar-refractivity contribution < 1.29 is 14.6 Å². The molecule has 0 aliphatic rings. The molecule has 5 heteroatoms. The number of rotatable bonds is 7. The van der Waals surface area contributed by atoms with Gasteiger partial charge in [-0.3, -0.25) is 4.68 Å². The molecule has 1 aromatic rings. The fraction of sp³-hybridized carbons (Fsp3) is 0.769. The minimum absolute atomic E-state index is 0.390. The van der Waals surface area contributed by atoms with Crippen molar-refractivity contribution in [1.82, 2.24) is 9.78 Å². The van der Waals surface area contributed by atoms with E-state index in [1.54, 1.807) is 21.1 Å². The molecule has 1 heterocycles. The maximum atomic E-state index is 10.4. The lowest BCUT2D eigenvalue weighted by Crippen LogP contribution is -2.34. The number of aryl methyl sites for hydroxylation is 2. The summed E-state index contributed by atoms with van der Waals surface area (Å²) in [7, 11) is 3.15. The van der Waals surface area contributed by atoms with E-state index in [2.05, 4.69) is 5.10 Å². The van der Waals surface area contributed by atoms with Crippen molar-refractivity contribution in [2.24, 2.45) is 0 Å². The Kier molecular flexibility index (Phi) is 5.31. The molecular formula is C13H24N2O3. The maximum absolute atomic E-state index is 10.4. The van der Waals surface area contributed by atoms with Gasteiger partial charge in [-0.2, -0.15) is 5.10 Å². The van der Waals surface area contributed by atoms with Gasteiger partial charge in [0.1, 0.15) is 0 Å². The number of aromatic nitrogens is 2. The molecule has 1 aromatic heterocycles. The number of ether oxygens (including phenoxy) is 2. The molecule has 0 radical (unpaired) electrons. The molecule has 0 amide bonds. The Morgan fingerprint density at radius 3 is 2.56 bits per heavy atom. The Morgan fingerprint density at radius 2 is 2.06 bits per heavy atom. The Hall–Kier alpha value is -0.910. The van der Waals surface area contributed by atoms with Crippen LogP contribution in [0.1, 0.15) is 31.7 Å². The third kappa shape index (κ3) is 4.08. The van der Waals surface area contributed by atoms with E-state index >= 15 is 0 Å². The van der Waals surface area contributed by atoms with Crippen LogP contribution in [0.5, 0.6) is 0 Å². The second-order valence-corrected chi connectivity index (χ2v) is 4.87. The van der Waals surface area contributed by atoms with Gasteiger partial charge in [-0.1, -0.05) is 0 Å². The molecular weight excluding hydrogens is 232 g/mol. The minimum atomic E-state index is -0.879. The van der Waals surface area contributed by atoms with Crippen molar-refractivity contribution in [3.05, 3.63) is 17.5 Å². The van der Waals surface area contributed by atoms with Crippen LogP contribution in [0.4, 0.5) is 0 Å². The van der Waals surface area contributed by atoms with E-state index in [-0.39, 0.29) is 6.29 Å². The molecule has 5 nitrogen and oxygen atoms in total. The van der Waals surface area contributed by atoms with Crippen LogP contribution in [-0.4, -0.2) is 41.0 Å². The Bertz CT molecular complexity index is 370. The normalized spacial score (nSPS) is 15.1. The fourth-order valence-electron chi connectivity index (χ4n) is 2.10. The lowest BCUT2D eigenvalue weighted by Gasteiger charge is -2.27. The van der Waals surface area contributed by atoms with Crippen molar-refractivity contribution in [2.75, 3.05) is 14.2 Å². The van der Waals surface area contributed by atoms with Gasteiger partial charge in [0.2, 0.25) is 0 Å². The molecule has 104 valence electrons. The van der Waals surface area contributed by atoms with E-state index in [1.807, 2.05) is 24.6 Å². The second-order valence-electron chi connectivity index (χ2n) is 4.87. The van der Waals surface area contributed by atoms with E-state index in [9.17, 15) is 5.11 Å². The third-order valence-corrected chi connectivity index (χ3v) is 2.98. The van der Waals surface area contributed by atoms with Crippen LogP contribution in [0, 0.1) is 6.92 Å². The number of hydrogen-bond donors (Lipinski definition) is 1. The monoisotopic (exact) mass is 256 g/mol. The summed E-state index contributed by atoms with van der Waals surface area (Å²) in [6, 6.07) is 2.01. The van der Waals surface area contributed by atoms with E-state index in [0.29, 0.717) is 12.8 Å². The summed E-state index contributed by atoms with van der Waals surface area (Å²) in [6.45, 7) is 6.59. The summed E-state index contributed by atoms with van der Waals surface area (Å²) in [5.41, 5.74) is 1.12. The van der Waals surface area contributed by atoms with E-state index in [4.69, 9.17) is 9.47 Å². The predicted octanol–water partition coefficient (Wildman–Crippen LogP) is 1.51. The summed E-state index contributed by atoms with van der Waals surface area (Å²) < 4.78 is 12.2. The highest BCUT2D eigenvalue weighted by molar-refractivity contribution is 5.11.